The maximum atomic E-state index is 13.6. The number of aliphatic hydroxyl groups is 1. The first kappa shape index (κ1) is 30.3. The lowest BCUT2D eigenvalue weighted by atomic mass is 10.00. The maximum Gasteiger partial charge on any atom is 0.413 e. The maximum absolute atomic E-state index is 13.6. The Balaban J connectivity index is 1.58. The lowest BCUT2D eigenvalue weighted by Gasteiger charge is -2.21. The number of amides is 2. The number of carbonyl (C=O) groups excluding carboxylic acids is 2. The number of hydrogen-bond donors (Lipinski definition) is 5. The van der Waals surface area contributed by atoms with Crippen molar-refractivity contribution in [1.82, 2.24) is 10.3 Å². The van der Waals surface area contributed by atoms with Crippen LogP contribution < -0.4 is 21.7 Å². The number of ether oxygens (including phenoxy) is 1. The van der Waals surface area contributed by atoms with Gasteiger partial charge in [0.15, 0.2) is 0 Å². The average Bonchev–Trinajstić information content (AvgIpc) is 2.94. The van der Waals surface area contributed by atoms with E-state index < -0.39 is 23.8 Å². The molecule has 0 spiro atoms. The van der Waals surface area contributed by atoms with Crippen molar-refractivity contribution in [1.29, 1.82) is 0 Å². The Labute approximate surface area is 246 Å². The van der Waals surface area contributed by atoms with Gasteiger partial charge in [-0.2, -0.15) is 0 Å². The molecule has 0 bridgehead atoms. The Morgan fingerprint density at radius 2 is 1.76 bits per heavy atom. The summed E-state index contributed by atoms with van der Waals surface area (Å²) in [5, 5.41) is 20.7. The van der Waals surface area contributed by atoms with E-state index in [-0.39, 0.29) is 5.91 Å². The highest BCUT2D eigenvalue weighted by atomic mass is 16.6. The number of aromatic nitrogens is 1. The van der Waals surface area contributed by atoms with Gasteiger partial charge in [-0.1, -0.05) is 43.3 Å². The number of rotatable bonds is 10. The number of carbonyl (C=O) groups is 2. The quantitative estimate of drug-likeness (QED) is 0.149. The average molecular weight is 570 g/mol. The molecule has 0 saturated carbocycles. The molecule has 0 saturated heterocycles. The number of nitrogens with one attached hydrogen (secondary N) is 3. The monoisotopic (exact) mass is 569 g/mol. The number of pyridine rings is 1. The van der Waals surface area contributed by atoms with Gasteiger partial charge in [-0.25, -0.2) is 9.78 Å². The fraction of sp³-hybridized carbons (Fsp3) is 0.303. The second kappa shape index (κ2) is 13.4. The van der Waals surface area contributed by atoms with Crippen LogP contribution in [0, 0.1) is 0 Å². The zero-order chi connectivity index (χ0) is 30.3. The van der Waals surface area contributed by atoms with Crippen LogP contribution in [0.4, 0.5) is 22.0 Å². The van der Waals surface area contributed by atoms with Crippen LogP contribution >= 0.6 is 0 Å². The van der Waals surface area contributed by atoms with Gasteiger partial charge >= 0.3 is 6.09 Å². The fourth-order valence-electron chi connectivity index (χ4n) is 4.49. The molecule has 3 aromatic carbocycles. The summed E-state index contributed by atoms with van der Waals surface area (Å²) in [6.07, 6.45) is 1.84. The van der Waals surface area contributed by atoms with Crippen molar-refractivity contribution in [3.05, 3.63) is 95.7 Å². The number of nitrogen functional groups attached to an aromatic ring is 1. The molecular weight excluding hydrogens is 530 g/mol. The van der Waals surface area contributed by atoms with Crippen molar-refractivity contribution < 1.29 is 19.4 Å². The highest BCUT2D eigenvalue weighted by Gasteiger charge is 2.22. The predicted molar refractivity (Wildman–Crippen MR) is 167 cm³/mol. The number of benzene rings is 3. The molecule has 4 rings (SSSR count). The zero-order valence-corrected chi connectivity index (χ0v) is 24.5. The minimum atomic E-state index is -0.699. The third-order valence-electron chi connectivity index (χ3n) is 6.63. The van der Waals surface area contributed by atoms with E-state index in [1.54, 1.807) is 33.0 Å². The Bertz CT molecular complexity index is 1530. The Kier molecular flexibility index (Phi) is 9.64. The van der Waals surface area contributed by atoms with E-state index in [9.17, 15) is 14.7 Å². The smallest absolute Gasteiger partial charge is 0.413 e. The first-order valence-electron chi connectivity index (χ1n) is 14.0. The van der Waals surface area contributed by atoms with Crippen molar-refractivity contribution in [2.45, 2.75) is 64.8 Å². The van der Waals surface area contributed by atoms with Crippen LogP contribution in [0.25, 0.3) is 10.8 Å². The van der Waals surface area contributed by atoms with E-state index in [2.05, 4.69) is 20.9 Å². The first-order valence-corrected chi connectivity index (χ1v) is 14.0. The summed E-state index contributed by atoms with van der Waals surface area (Å²) >= 11 is 0. The zero-order valence-electron chi connectivity index (χ0n) is 24.5. The Hall–Kier alpha value is -4.63. The second-order valence-electron chi connectivity index (χ2n) is 11.3. The molecule has 1 heterocycles. The van der Waals surface area contributed by atoms with Crippen LogP contribution in [0.3, 0.4) is 0 Å². The van der Waals surface area contributed by atoms with E-state index in [0.717, 1.165) is 27.5 Å². The summed E-state index contributed by atoms with van der Waals surface area (Å²) in [5.74, 6) is 0.176. The van der Waals surface area contributed by atoms with Crippen LogP contribution in [0.15, 0.2) is 79.0 Å². The Morgan fingerprint density at radius 3 is 2.45 bits per heavy atom. The number of hydrogen-bond acceptors (Lipinski definition) is 7. The number of nitrogens with zero attached hydrogens (tertiary/aromatic N) is 1. The van der Waals surface area contributed by atoms with Gasteiger partial charge in [-0.3, -0.25) is 10.1 Å². The number of nitrogens with two attached hydrogens (primary N) is 1. The van der Waals surface area contributed by atoms with Gasteiger partial charge in [0.2, 0.25) is 5.91 Å². The van der Waals surface area contributed by atoms with E-state index in [1.807, 2.05) is 73.7 Å². The van der Waals surface area contributed by atoms with Crippen LogP contribution in [0.1, 0.15) is 56.8 Å². The SMILES string of the molecule is CCC(O)Cc1ccc(C(Nc2ccc3c(NC(=O)OC(C)(C)C)nccc3c2)C(=O)NCc2cccc(N)c2)cc1. The summed E-state index contributed by atoms with van der Waals surface area (Å²) in [4.78, 5) is 30.2. The van der Waals surface area contributed by atoms with Crippen molar-refractivity contribution in [2.75, 3.05) is 16.4 Å². The van der Waals surface area contributed by atoms with E-state index >= 15 is 0 Å². The van der Waals surface area contributed by atoms with Crippen molar-refractivity contribution in [2.24, 2.45) is 0 Å². The number of aliphatic hydroxyl groups excluding tert-OH is 1. The lowest BCUT2D eigenvalue weighted by Crippen LogP contribution is -2.33. The molecular formula is C33H39N5O4. The van der Waals surface area contributed by atoms with Gasteiger partial charge < -0.3 is 26.2 Å². The van der Waals surface area contributed by atoms with Crippen LogP contribution in [0.5, 0.6) is 0 Å². The molecule has 42 heavy (non-hydrogen) atoms. The predicted octanol–water partition coefficient (Wildman–Crippen LogP) is 5.95. The Morgan fingerprint density at radius 1 is 1.00 bits per heavy atom. The van der Waals surface area contributed by atoms with E-state index in [4.69, 9.17) is 10.5 Å². The van der Waals surface area contributed by atoms with Gasteiger partial charge in [0.1, 0.15) is 17.5 Å². The third-order valence-corrected chi connectivity index (χ3v) is 6.63. The molecule has 220 valence electrons. The number of anilines is 3. The van der Waals surface area contributed by atoms with Crippen LogP contribution in [-0.4, -0.2) is 33.8 Å². The highest BCUT2D eigenvalue weighted by Crippen LogP contribution is 2.28. The van der Waals surface area contributed by atoms with Gasteiger partial charge in [0.05, 0.1) is 6.10 Å². The molecule has 6 N–H and O–H groups in total. The van der Waals surface area contributed by atoms with Gasteiger partial charge in [-0.05, 0) is 92.1 Å². The molecule has 0 aliphatic carbocycles. The summed E-state index contributed by atoms with van der Waals surface area (Å²) in [7, 11) is 0. The standard InChI is InChI=1S/C33H39N5O4/c1-5-27(39)18-21-9-11-23(12-10-21)29(31(40)36-20-22-7-6-8-25(34)17-22)37-26-13-14-28-24(19-26)15-16-35-30(28)38-32(41)42-33(2,3)4/h6-17,19,27,29,37,39H,5,18,20,34H2,1-4H3,(H,36,40)(H,35,38,41). The molecule has 0 aliphatic heterocycles. The molecule has 4 aromatic rings. The van der Waals surface area contributed by atoms with Crippen molar-refractivity contribution in [3.8, 4) is 0 Å². The lowest BCUT2D eigenvalue weighted by molar-refractivity contribution is -0.122. The number of fused-ring (bicyclic) bond motifs is 1. The van der Waals surface area contributed by atoms with Crippen LogP contribution in [0.2, 0.25) is 0 Å². The normalized spacial score (nSPS) is 12.8. The minimum absolute atomic E-state index is 0.208. The minimum Gasteiger partial charge on any atom is -0.444 e. The first-order chi connectivity index (χ1) is 20.0. The molecule has 2 amide bonds. The molecule has 0 fully saturated rings. The molecule has 0 aliphatic rings. The van der Waals surface area contributed by atoms with E-state index in [0.29, 0.717) is 36.6 Å². The second-order valence-corrected chi connectivity index (χ2v) is 11.3. The molecule has 2 atom stereocenters. The van der Waals surface area contributed by atoms with Gasteiger partial charge in [0.25, 0.3) is 0 Å². The molecule has 9 nitrogen and oxygen atoms in total. The molecule has 1 aromatic heterocycles. The fourth-order valence-corrected chi connectivity index (χ4v) is 4.49. The van der Waals surface area contributed by atoms with E-state index in [1.165, 1.54) is 0 Å². The van der Waals surface area contributed by atoms with Crippen LogP contribution in [-0.2, 0) is 22.5 Å². The van der Waals surface area contributed by atoms with Crippen molar-refractivity contribution in [3.63, 3.8) is 0 Å². The summed E-state index contributed by atoms with van der Waals surface area (Å²) in [6, 6.07) is 21.8. The molecule has 2 unspecified atom stereocenters. The van der Waals surface area contributed by atoms with Gasteiger partial charge in [0, 0.05) is 29.5 Å². The third kappa shape index (κ3) is 8.44. The summed E-state index contributed by atoms with van der Waals surface area (Å²) in [6.45, 7) is 7.66. The molecule has 0 radical (unpaired) electrons. The summed E-state index contributed by atoms with van der Waals surface area (Å²) in [5.41, 5.74) is 9.29. The molecule has 9 heteroatoms. The van der Waals surface area contributed by atoms with Gasteiger partial charge in [-0.15, -0.1) is 0 Å². The largest absolute Gasteiger partial charge is 0.444 e. The topological polar surface area (TPSA) is 139 Å². The summed E-state index contributed by atoms with van der Waals surface area (Å²) < 4.78 is 5.37. The van der Waals surface area contributed by atoms with Crippen molar-refractivity contribution >= 4 is 40.0 Å². The highest BCUT2D eigenvalue weighted by molar-refractivity contribution is 5.99.